The summed E-state index contributed by atoms with van der Waals surface area (Å²) < 4.78 is 0. The van der Waals surface area contributed by atoms with Crippen LogP contribution in [0.1, 0.15) is 29.5 Å². The van der Waals surface area contributed by atoms with E-state index in [1.807, 2.05) is 36.4 Å². The van der Waals surface area contributed by atoms with Gasteiger partial charge in [0.2, 0.25) is 5.91 Å². The van der Waals surface area contributed by atoms with Gasteiger partial charge in [-0.1, -0.05) is 41.9 Å². The van der Waals surface area contributed by atoms with Crippen LogP contribution in [-0.4, -0.2) is 5.91 Å². The number of aryl methyl sites for hydroxylation is 1. The van der Waals surface area contributed by atoms with Gasteiger partial charge in [0, 0.05) is 10.7 Å². The molecule has 0 fully saturated rings. The SMILES string of the molecule is O=C(Cc1ccccc1Cl)Nc1cccc2c1CCCC2. The lowest BCUT2D eigenvalue weighted by Gasteiger charge is -2.19. The number of carbonyl (C=O) groups is 1. The van der Waals surface area contributed by atoms with Crippen molar-refractivity contribution in [1.29, 1.82) is 0 Å². The third-order valence-electron chi connectivity index (χ3n) is 3.98. The molecule has 0 bridgehead atoms. The molecule has 2 aromatic carbocycles. The molecule has 2 aromatic rings. The second-order valence-corrected chi connectivity index (χ2v) is 5.87. The van der Waals surface area contributed by atoms with Gasteiger partial charge < -0.3 is 5.32 Å². The fourth-order valence-electron chi connectivity index (χ4n) is 2.91. The number of fused-ring (bicyclic) bond motifs is 1. The van der Waals surface area contributed by atoms with Crippen LogP contribution in [0.15, 0.2) is 42.5 Å². The maximum atomic E-state index is 12.3. The Hall–Kier alpha value is -1.80. The Balaban J connectivity index is 1.75. The van der Waals surface area contributed by atoms with Crippen LogP contribution in [-0.2, 0) is 24.1 Å². The van der Waals surface area contributed by atoms with Crippen molar-refractivity contribution in [3.63, 3.8) is 0 Å². The minimum atomic E-state index is -0.0120. The van der Waals surface area contributed by atoms with Gasteiger partial charge in [0.15, 0.2) is 0 Å². The molecule has 0 heterocycles. The molecule has 21 heavy (non-hydrogen) atoms. The van der Waals surface area contributed by atoms with E-state index < -0.39 is 0 Å². The van der Waals surface area contributed by atoms with Crippen molar-refractivity contribution in [2.24, 2.45) is 0 Å². The molecule has 1 N–H and O–H groups in total. The van der Waals surface area contributed by atoms with Gasteiger partial charge in [-0.2, -0.15) is 0 Å². The van der Waals surface area contributed by atoms with Crippen LogP contribution < -0.4 is 5.32 Å². The molecule has 1 aliphatic rings. The molecule has 0 radical (unpaired) electrons. The second kappa shape index (κ2) is 6.31. The van der Waals surface area contributed by atoms with Crippen molar-refractivity contribution in [3.8, 4) is 0 Å². The van der Waals surface area contributed by atoms with E-state index in [1.165, 1.54) is 24.0 Å². The Morgan fingerprint density at radius 3 is 2.71 bits per heavy atom. The van der Waals surface area contributed by atoms with E-state index in [0.717, 1.165) is 24.1 Å². The first-order valence-electron chi connectivity index (χ1n) is 7.38. The first-order chi connectivity index (χ1) is 10.2. The van der Waals surface area contributed by atoms with Gasteiger partial charge in [-0.05, 0) is 54.5 Å². The zero-order valence-electron chi connectivity index (χ0n) is 11.9. The zero-order valence-corrected chi connectivity index (χ0v) is 12.6. The predicted octanol–water partition coefficient (Wildman–Crippen LogP) is 4.40. The molecule has 0 atom stereocenters. The van der Waals surface area contributed by atoms with E-state index in [9.17, 15) is 4.79 Å². The van der Waals surface area contributed by atoms with Gasteiger partial charge in [-0.3, -0.25) is 4.79 Å². The van der Waals surface area contributed by atoms with Crippen LogP contribution in [0.4, 0.5) is 5.69 Å². The summed E-state index contributed by atoms with van der Waals surface area (Å²) in [7, 11) is 0. The van der Waals surface area contributed by atoms with E-state index in [0.29, 0.717) is 11.4 Å². The zero-order chi connectivity index (χ0) is 14.7. The normalized spacial score (nSPS) is 13.6. The van der Waals surface area contributed by atoms with E-state index in [1.54, 1.807) is 0 Å². The molecule has 0 spiro atoms. The smallest absolute Gasteiger partial charge is 0.228 e. The summed E-state index contributed by atoms with van der Waals surface area (Å²) >= 11 is 6.11. The number of amides is 1. The molecule has 0 saturated heterocycles. The van der Waals surface area contributed by atoms with Crippen LogP contribution in [0.5, 0.6) is 0 Å². The molecule has 0 saturated carbocycles. The predicted molar refractivity (Wildman–Crippen MR) is 86.9 cm³/mol. The molecular formula is C18H18ClNO. The molecule has 0 aliphatic heterocycles. The minimum Gasteiger partial charge on any atom is -0.326 e. The standard InChI is InChI=1S/C18H18ClNO/c19-16-10-4-2-7-14(16)12-18(21)20-17-11-5-8-13-6-1-3-9-15(13)17/h2,4-5,7-8,10-11H,1,3,6,9,12H2,(H,20,21). The molecule has 108 valence electrons. The average molecular weight is 300 g/mol. The lowest BCUT2D eigenvalue weighted by molar-refractivity contribution is -0.115. The highest BCUT2D eigenvalue weighted by atomic mass is 35.5. The van der Waals surface area contributed by atoms with E-state index >= 15 is 0 Å². The Morgan fingerprint density at radius 1 is 1.05 bits per heavy atom. The summed E-state index contributed by atoms with van der Waals surface area (Å²) in [6.07, 6.45) is 4.92. The maximum absolute atomic E-state index is 12.3. The molecular weight excluding hydrogens is 282 g/mol. The quantitative estimate of drug-likeness (QED) is 0.894. The van der Waals surface area contributed by atoms with Crippen molar-refractivity contribution in [2.45, 2.75) is 32.1 Å². The van der Waals surface area contributed by atoms with Crippen molar-refractivity contribution in [1.82, 2.24) is 0 Å². The summed E-state index contributed by atoms with van der Waals surface area (Å²) in [5.74, 6) is -0.0120. The highest BCUT2D eigenvalue weighted by Crippen LogP contribution is 2.28. The average Bonchev–Trinajstić information content (AvgIpc) is 2.50. The first-order valence-corrected chi connectivity index (χ1v) is 7.76. The van der Waals surface area contributed by atoms with E-state index in [2.05, 4.69) is 11.4 Å². The molecule has 3 heteroatoms. The summed E-state index contributed by atoms with van der Waals surface area (Å²) in [5.41, 5.74) is 4.50. The number of hydrogen-bond donors (Lipinski definition) is 1. The highest BCUT2D eigenvalue weighted by molar-refractivity contribution is 6.31. The number of nitrogens with one attached hydrogen (secondary N) is 1. The highest BCUT2D eigenvalue weighted by Gasteiger charge is 2.15. The number of anilines is 1. The molecule has 3 rings (SSSR count). The summed E-state index contributed by atoms with van der Waals surface area (Å²) in [5, 5.41) is 3.69. The third-order valence-corrected chi connectivity index (χ3v) is 4.35. The summed E-state index contributed by atoms with van der Waals surface area (Å²) in [4.78, 5) is 12.3. The Kier molecular flexibility index (Phi) is 4.26. The van der Waals surface area contributed by atoms with E-state index in [-0.39, 0.29) is 5.91 Å². The number of rotatable bonds is 3. The van der Waals surface area contributed by atoms with Crippen molar-refractivity contribution in [2.75, 3.05) is 5.32 Å². The van der Waals surface area contributed by atoms with Crippen LogP contribution in [0.25, 0.3) is 0 Å². The van der Waals surface area contributed by atoms with Gasteiger partial charge in [0.1, 0.15) is 0 Å². The van der Waals surface area contributed by atoms with Crippen LogP contribution >= 0.6 is 11.6 Å². The number of benzene rings is 2. The fourth-order valence-corrected chi connectivity index (χ4v) is 3.11. The van der Waals surface area contributed by atoms with Gasteiger partial charge in [-0.15, -0.1) is 0 Å². The van der Waals surface area contributed by atoms with Crippen molar-refractivity contribution in [3.05, 3.63) is 64.2 Å². The Bertz CT molecular complexity index is 666. The number of halogens is 1. The fraction of sp³-hybridized carbons (Fsp3) is 0.278. The van der Waals surface area contributed by atoms with E-state index in [4.69, 9.17) is 11.6 Å². The largest absolute Gasteiger partial charge is 0.326 e. The van der Waals surface area contributed by atoms with Gasteiger partial charge >= 0.3 is 0 Å². The minimum absolute atomic E-state index is 0.0120. The summed E-state index contributed by atoms with van der Waals surface area (Å²) in [6, 6.07) is 13.7. The third kappa shape index (κ3) is 3.27. The lowest BCUT2D eigenvalue weighted by Crippen LogP contribution is -2.17. The van der Waals surface area contributed by atoms with Crippen molar-refractivity contribution >= 4 is 23.2 Å². The first kappa shape index (κ1) is 14.2. The maximum Gasteiger partial charge on any atom is 0.228 e. The summed E-state index contributed by atoms with van der Waals surface area (Å²) in [6.45, 7) is 0. The van der Waals surface area contributed by atoms with Crippen LogP contribution in [0, 0.1) is 0 Å². The topological polar surface area (TPSA) is 29.1 Å². The van der Waals surface area contributed by atoms with Crippen molar-refractivity contribution < 1.29 is 4.79 Å². The van der Waals surface area contributed by atoms with Gasteiger partial charge in [0.05, 0.1) is 6.42 Å². The van der Waals surface area contributed by atoms with Crippen LogP contribution in [0.3, 0.4) is 0 Å². The lowest BCUT2D eigenvalue weighted by atomic mass is 9.90. The molecule has 0 unspecified atom stereocenters. The number of hydrogen-bond acceptors (Lipinski definition) is 1. The number of carbonyl (C=O) groups excluding carboxylic acids is 1. The Labute approximate surface area is 130 Å². The van der Waals surface area contributed by atoms with Crippen LogP contribution in [0.2, 0.25) is 5.02 Å². The van der Waals surface area contributed by atoms with Gasteiger partial charge in [0.25, 0.3) is 0 Å². The molecule has 1 aliphatic carbocycles. The molecule has 2 nitrogen and oxygen atoms in total. The molecule has 1 amide bonds. The second-order valence-electron chi connectivity index (χ2n) is 5.47. The van der Waals surface area contributed by atoms with Gasteiger partial charge in [-0.25, -0.2) is 0 Å². The molecule has 0 aromatic heterocycles. The Morgan fingerprint density at radius 2 is 1.86 bits per heavy atom. The monoisotopic (exact) mass is 299 g/mol.